The maximum atomic E-state index is 5.22. The van der Waals surface area contributed by atoms with E-state index in [2.05, 4.69) is 21.2 Å². The van der Waals surface area contributed by atoms with Crippen LogP contribution in [0, 0.1) is 0 Å². The average molecular weight is 305 g/mol. The molecule has 0 unspecified atom stereocenters. The van der Waals surface area contributed by atoms with Gasteiger partial charge in [0.25, 0.3) is 5.78 Å². The number of anilines is 2. The molecule has 0 bridgehead atoms. The van der Waals surface area contributed by atoms with E-state index >= 15 is 0 Å². The Morgan fingerprint density at radius 1 is 1.04 bits per heavy atom. The molecule has 2 aromatic heterocycles. The van der Waals surface area contributed by atoms with Crippen LogP contribution in [0.3, 0.4) is 0 Å². The Kier molecular flexibility index (Phi) is 3.08. The van der Waals surface area contributed by atoms with Crippen molar-refractivity contribution in [2.45, 2.75) is 0 Å². The SMILES string of the molecule is COc1ccc(N(C)c2nc3nncn3c3ccccc23)cc1. The van der Waals surface area contributed by atoms with Crippen LogP contribution in [0.4, 0.5) is 11.5 Å². The monoisotopic (exact) mass is 305 g/mol. The van der Waals surface area contributed by atoms with Crippen LogP contribution in [0.25, 0.3) is 16.7 Å². The fourth-order valence-electron chi connectivity index (χ4n) is 2.69. The normalized spacial score (nSPS) is 11.0. The molecule has 0 fully saturated rings. The molecule has 0 aliphatic carbocycles. The van der Waals surface area contributed by atoms with Gasteiger partial charge >= 0.3 is 0 Å². The van der Waals surface area contributed by atoms with Crippen LogP contribution in [0.1, 0.15) is 0 Å². The summed E-state index contributed by atoms with van der Waals surface area (Å²) in [5, 5.41) is 9.09. The van der Waals surface area contributed by atoms with Crippen LogP contribution >= 0.6 is 0 Å². The van der Waals surface area contributed by atoms with Crippen molar-refractivity contribution < 1.29 is 4.74 Å². The van der Waals surface area contributed by atoms with E-state index in [9.17, 15) is 0 Å². The molecule has 0 spiro atoms. The molecular formula is C17H15N5O. The standard InChI is InChI=1S/C17H15N5O/c1-21(12-7-9-13(23-2)10-8-12)16-14-5-3-4-6-15(14)22-11-18-20-17(22)19-16/h3-11H,1-2H3. The molecule has 114 valence electrons. The summed E-state index contributed by atoms with van der Waals surface area (Å²) in [5.41, 5.74) is 2.05. The molecule has 6 nitrogen and oxygen atoms in total. The van der Waals surface area contributed by atoms with Gasteiger partial charge in [0.2, 0.25) is 0 Å². The summed E-state index contributed by atoms with van der Waals surface area (Å²) >= 11 is 0. The molecule has 0 radical (unpaired) electrons. The summed E-state index contributed by atoms with van der Waals surface area (Å²) < 4.78 is 7.11. The van der Waals surface area contributed by atoms with Crippen LogP contribution in [0.5, 0.6) is 5.75 Å². The van der Waals surface area contributed by atoms with Crippen molar-refractivity contribution in [3.8, 4) is 5.75 Å². The Bertz CT molecular complexity index is 977. The number of aromatic nitrogens is 4. The lowest BCUT2D eigenvalue weighted by Crippen LogP contribution is -2.12. The number of hydrogen-bond acceptors (Lipinski definition) is 5. The van der Waals surface area contributed by atoms with Crippen molar-refractivity contribution in [1.82, 2.24) is 19.6 Å². The van der Waals surface area contributed by atoms with Crippen LogP contribution < -0.4 is 9.64 Å². The smallest absolute Gasteiger partial charge is 0.257 e. The van der Waals surface area contributed by atoms with Gasteiger partial charge in [0.15, 0.2) is 0 Å². The second-order valence-electron chi connectivity index (χ2n) is 5.21. The highest BCUT2D eigenvalue weighted by atomic mass is 16.5. The van der Waals surface area contributed by atoms with Gasteiger partial charge in [-0.25, -0.2) is 0 Å². The molecule has 0 atom stereocenters. The molecule has 0 amide bonds. The van der Waals surface area contributed by atoms with Gasteiger partial charge in [0, 0.05) is 18.1 Å². The number of hydrogen-bond donors (Lipinski definition) is 0. The number of fused-ring (bicyclic) bond motifs is 3. The van der Waals surface area contributed by atoms with Crippen molar-refractivity contribution in [2.75, 3.05) is 19.1 Å². The van der Waals surface area contributed by atoms with E-state index in [1.165, 1.54) is 0 Å². The summed E-state index contributed by atoms with van der Waals surface area (Å²) in [5.74, 6) is 2.25. The van der Waals surface area contributed by atoms with E-state index in [1.54, 1.807) is 13.4 Å². The first-order valence-corrected chi connectivity index (χ1v) is 7.24. The van der Waals surface area contributed by atoms with Crippen LogP contribution in [0.15, 0.2) is 54.9 Å². The third kappa shape index (κ3) is 2.15. The summed E-state index contributed by atoms with van der Waals surface area (Å²) in [6.07, 6.45) is 1.68. The maximum absolute atomic E-state index is 5.22. The Morgan fingerprint density at radius 3 is 2.61 bits per heavy atom. The second kappa shape index (κ2) is 5.24. The molecule has 0 saturated heterocycles. The minimum Gasteiger partial charge on any atom is -0.497 e. The zero-order chi connectivity index (χ0) is 15.8. The van der Waals surface area contributed by atoms with Crippen LogP contribution in [0.2, 0.25) is 0 Å². The average Bonchev–Trinajstić information content (AvgIpc) is 3.09. The number of rotatable bonds is 3. The first-order chi connectivity index (χ1) is 11.3. The number of methoxy groups -OCH3 is 1. The van der Waals surface area contributed by atoms with Gasteiger partial charge in [-0.15, -0.1) is 10.2 Å². The highest BCUT2D eigenvalue weighted by Crippen LogP contribution is 2.30. The van der Waals surface area contributed by atoms with Crippen molar-refractivity contribution in [2.24, 2.45) is 0 Å². The summed E-state index contributed by atoms with van der Waals surface area (Å²) in [6.45, 7) is 0. The Labute approximate surface area is 133 Å². The number of ether oxygens (including phenoxy) is 1. The predicted molar refractivity (Wildman–Crippen MR) is 89.3 cm³/mol. The third-order valence-corrected chi connectivity index (χ3v) is 3.92. The van der Waals surface area contributed by atoms with Gasteiger partial charge in [-0.3, -0.25) is 4.40 Å². The zero-order valence-electron chi connectivity index (χ0n) is 12.8. The molecule has 6 heteroatoms. The summed E-state index contributed by atoms with van der Waals surface area (Å²) in [4.78, 5) is 6.70. The van der Waals surface area contributed by atoms with Gasteiger partial charge in [-0.2, -0.15) is 4.98 Å². The van der Waals surface area contributed by atoms with Crippen LogP contribution in [-0.2, 0) is 0 Å². The van der Waals surface area contributed by atoms with Crippen molar-refractivity contribution in [1.29, 1.82) is 0 Å². The van der Waals surface area contributed by atoms with E-state index in [-0.39, 0.29) is 0 Å². The summed E-state index contributed by atoms with van der Waals surface area (Å²) in [6, 6.07) is 16.0. The van der Waals surface area contributed by atoms with E-state index < -0.39 is 0 Å². The number of para-hydroxylation sites is 1. The Hall–Kier alpha value is -3.15. The molecule has 0 saturated carbocycles. The zero-order valence-corrected chi connectivity index (χ0v) is 12.8. The lowest BCUT2D eigenvalue weighted by molar-refractivity contribution is 0.415. The number of nitrogens with zero attached hydrogens (tertiary/aromatic N) is 5. The second-order valence-corrected chi connectivity index (χ2v) is 5.21. The largest absolute Gasteiger partial charge is 0.497 e. The van der Waals surface area contributed by atoms with E-state index in [0.29, 0.717) is 5.78 Å². The summed E-state index contributed by atoms with van der Waals surface area (Å²) in [7, 11) is 3.65. The molecule has 0 aliphatic rings. The molecule has 0 N–H and O–H groups in total. The van der Waals surface area contributed by atoms with Crippen molar-refractivity contribution in [3.05, 3.63) is 54.9 Å². The molecular weight excluding hydrogens is 290 g/mol. The minimum absolute atomic E-state index is 0.582. The maximum Gasteiger partial charge on any atom is 0.257 e. The highest BCUT2D eigenvalue weighted by molar-refractivity contribution is 5.93. The van der Waals surface area contributed by atoms with Crippen molar-refractivity contribution >= 4 is 28.2 Å². The topological polar surface area (TPSA) is 55.5 Å². The molecule has 4 aromatic rings. The first-order valence-electron chi connectivity index (χ1n) is 7.24. The molecule has 2 aromatic carbocycles. The van der Waals surface area contributed by atoms with Gasteiger partial charge in [0.1, 0.15) is 17.9 Å². The van der Waals surface area contributed by atoms with Gasteiger partial charge in [-0.1, -0.05) is 12.1 Å². The van der Waals surface area contributed by atoms with Crippen molar-refractivity contribution in [3.63, 3.8) is 0 Å². The molecule has 2 heterocycles. The van der Waals surface area contributed by atoms with Gasteiger partial charge < -0.3 is 9.64 Å². The Morgan fingerprint density at radius 2 is 1.83 bits per heavy atom. The Balaban J connectivity index is 1.91. The third-order valence-electron chi connectivity index (χ3n) is 3.92. The molecule has 4 rings (SSSR count). The number of benzene rings is 2. The highest BCUT2D eigenvalue weighted by Gasteiger charge is 2.14. The van der Waals surface area contributed by atoms with E-state index in [1.807, 2.05) is 58.8 Å². The molecule has 0 aliphatic heterocycles. The fourth-order valence-corrected chi connectivity index (χ4v) is 2.69. The predicted octanol–water partition coefficient (Wildman–Crippen LogP) is 3.05. The fraction of sp³-hybridized carbons (Fsp3) is 0.118. The minimum atomic E-state index is 0.582. The lowest BCUT2D eigenvalue weighted by Gasteiger charge is -2.20. The van der Waals surface area contributed by atoms with E-state index in [0.717, 1.165) is 28.2 Å². The quantitative estimate of drug-likeness (QED) is 0.582. The van der Waals surface area contributed by atoms with Gasteiger partial charge in [0.05, 0.1) is 12.6 Å². The van der Waals surface area contributed by atoms with E-state index in [4.69, 9.17) is 4.74 Å². The van der Waals surface area contributed by atoms with Crippen LogP contribution in [-0.4, -0.2) is 33.7 Å². The lowest BCUT2D eigenvalue weighted by atomic mass is 10.2. The molecule has 23 heavy (non-hydrogen) atoms. The van der Waals surface area contributed by atoms with Gasteiger partial charge in [-0.05, 0) is 36.4 Å². The first kappa shape index (κ1) is 13.5.